The Balaban J connectivity index is 1.82. The Morgan fingerprint density at radius 1 is 1.20 bits per heavy atom. The highest BCUT2D eigenvalue weighted by molar-refractivity contribution is 5.59. The number of aromatic nitrogens is 5. The summed E-state index contributed by atoms with van der Waals surface area (Å²) in [4.78, 5) is 14.4. The van der Waals surface area contributed by atoms with Crippen molar-refractivity contribution in [2.45, 2.75) is 32.6 Å². The Bertz CT molecular complexity index is 866. The molecule has 8 heteroatoms. The van der Waals surface area contributed by atoms with Gasteiger partial charge in [-0.25, -0.2) is 0 Å². The summed E-state index contributed by atoms with van der Waals surface area (Å²) in [7, 11) is 1.68. The van der Waals surface area contributed by atoms with Gasteiger partial charge in [-0.3, -0.25) is 4.57 Å². The summed E-state index contributed by atoms with van der Waals surface area (Å²) in [6.07, 6.45) is 7.77. The summed E-state index contributed by atoms with van der Waals surface area (Å²) >= 11 is 0. The molecular formula is C17H20N6O2. The van der Waals surface area contributed by atoms with Crippen molar-refractivity contribution < 1.29 is 4.92 Å². The van der Waals surface area contributed by atoms with Gasteiger partial charge in [0.05, 0.1) is 6.20 Å². The van der Waals surface area contributed by atoms with E-state index in [1.165, 1.54) is 35.8 Å². The van der Waals surface area contributed by atoms with Crippen LogP contribution in [0.3, 0.4) is 0 Å². The Kier molecular flexibility index (Phi) is 4.87. The summed E-state index contributed by atoms with van der Waals surface area (Å²) in [5, 5.41) is 19.3. The molecule has 0 fully saturated rings. The molecule has 0 saturated heterocycles. The van der Waals surface area contributed by atoms with E-state index in [9.17, 15) is 10.1 Å². The summed E-state index contributed by atoms with van der Waals surface area (Å²) < 4.78 is 2.93. The van der Waals surface area contributed by atoms with Crippen molar-refractivity contribution in [2.24, 2.45) is 7.05 Å². The predicted molar refractivity (Wildman–Crippen MR) is 93.4 cm³/mol. The SMILES string of the molecule is CCCCCc1ccc(-c2cn(-c3c([N+](=O)[O-])ncn3C)nn2)cc1. The van der Waals surface area contributed by atoms with Crippen molar-refractivity contribution in [3.05, 3.63) is 52.5 Å². The van der Waals surface area contributed by atoms with Crippen LogP contribution in [0.1, 0.15) is 31.7 Å². The normalized spacial score (nSPS) is 11.0. The first kappa shape index (κ1) is 16.8. The van der Waals surface area contributed by atoms with Gasteiger partial charge in [-0.1, -0.05) is 49.2 Å². The maximum Gasteiger partial charge on any atom is 0.408 e. The van der Waals surface area contributed by atoms with Gasteiger partial charge in [0.1, 0.15) is 5.69 Å². The molecule has 3 aromatic rings. The molecule has 8 nitrogen and oxygen atoms in total. The molecule has 0 atom stereocenters. The molecule has 0 bridgehead atoms. The molecule has 0 saturated carbocycles. The van der Waals surface area contributed by atoms with E-state index >= 15 is 0 Å². The molecule has 25 heavy (non-hydrogen) atoms. The first-order chi connectivity index (χ1) is 12.1. The Morgan fingerprint density at radius 3 is 2.64 bits per heavy atom. The zero-order valence-electron chi connectivity index (χ0n) is 14.3. The lowest BCUT2D eigenvalue weighted by atomic mass is 10.0. The van der Waals surface area contributed by atoms with Crippen LogP contribution in [-0.2, 0) is 13.5 Å². The number of unbranched alkanes of at least 4 members (excludes halogenated alkanes) is 2. The Hall–Kier alpha value is -3.03. The van der Waals surface area contributed by atoms with E-state index in [1.807, 2.05) is 12.1 Å². The molecule has 3 rings (SSSR count). The number of imidazole rings is 1. The Morgan fingerprint density at radius 2 is 1.96 bits per heavy atom. The summed E-state index contributed by atoms with van der Waals surface area (Å²) in [6.45, 7) is 2.19. The summed E-state index contributed by atoms with van der Waals surface area (Å²) in [6, 6.07) is 8.20. The van der Waals surface area contributed by atoms with Crippen molar-refractivity contribution >= 4 is 5.82 Å². The van der Waals surface area contributed by atoms with Gasteiger partial charge >= 0.3 is 5.82 Å². The third-order valence-electron chi connectivity index (χ3n) is 4.09. The van der Waals surface area contributed by atoms with Crippen LogP contribution in [0.4, 0.5) is 5.82 Å². The molecule has 0 amide bonds. The smallest absolute Gasteiger partial charge is 0.358 e. The lowest BCUT2D eigenvalue weighted by molar-refractivity contribution is -0.389. The monoisotopic (exact) mass is 340 g/mol. The van der Waals surface area contributed by atoms with Crippen LogP contribution >= 0.6 is 0 Å². The number of benzene rings is 1. The highest BCUT2D eigenvalue weighted by atomic mass is 16.6. The average molecular weight is 340 g/mol. The minimum atomic E-state index is -0.526. The number of hydrogen-bond donors (Lipinski definition) is 0. The third kappa shape index (κ3) is 3.57. The van der Waals surface area contributed by atoms with Gasteiger partial charge < -0.3 is 10.1 Å². The minimum absolute atomic E-state index is 0.245. The van der Waals surface area contributed by atoms with Crippen molar-refractivity contribution in [3.63, 3.8) is 0 Å². The van der Waals surface area contributed by atoms with Crippen molar-refractivity contribution in [3.8, 4) is 17.1 Å². The lowest BCUT2D eigenvalue weighted by Crippen LogP contribution is -2.05. The molecular weight excluding hydrogens is 320 g/mol. The molecule has 0 aliphatic rings. The lowest BCUT2D eigenvalue weighted by Gasteiger charge is -2.02. The van der Waals surface area contributed by atoms with E-state index in [-0.39, 0.29) is 11.6 Å². The fraction of sp³-hybridized carbons (Fsp3) is 0.353. The van der Waals surface area contributed by atoms with E-state index in [2.05, 4.69) is 34.4 Å². The molecule has 0 aliphatic heterocycles. The zero-order valence-corrected chi connectivity index (χ0v) is 14.3. The molecule has 0 spiro atoms. The fourth-order valence-electron chi connectivity index (χ4n) is 2.73. The molecule has 1 aromatic carbocycles. The average Bonchev–Trinajstić information content (AvgIpc) is 3.22. The quantitative estimate of drug-likeness (QED) is 0.374. The first-order valence-corrected chi connectivity index (χ1v) is 8.28. The van der Waals surface area contributed by atoms with Crippen LogP contribution in [0.25, 0.3) is 17.1 Å². The largest absolute Gasteiger partial charge is 0.408 e. The molecule has 0 unspecified atom stereocenters. The van der Waals surface area contributed by atoms with Gasteiger partial charge in [0.15, 0.2) is 0 Å². The van der Waals surface area contributed by atoms with Crippen LogP contribution in [0.5, 0.6) is 0 Å². The van der Waals surface area contributed by atoms with Crippen molar-refractivity contribution in [2.75, 3.05) is 0 Å². The van der Waals surface area contributed by atoms with E-state index in [0.717, 1.165) is 12.0 Å². The maximum atomic E-state index is 11.1. The van der Waals surface area contributed by atoms with Gasteiger partial charge in [0, 0.05) is 12.6 Å². The number of hydrogen-bond acceptors (Lipinski definition) is 5. The summed E-state index contributed by atoms with van der Waals surface area (Å²) in [5.74, 6) is 0.0326. The van der Waals surface area contributed by atoms with Crippen LogP contribution in [0, 0.1) is 10.1 Å². The zero-order chi connectivity index (χ0) is 17.8. The molecule has 2 heterocycles. The molecule has 130 valence electrons. The number of nitrogens with zero attached hydrogens (tertiary/aromatic N) is 6. The third-order valence-corrected chi connectivity index (χ3v) is 4.09. The molecule has 2 aromatic heterocycles. The van der Waals surface area contributed by atoms with Crippen molar-refractivity contribution in [1.29, 1.82) is 0 Å². The van der Waals surface area contributed by atoms with Crippen LogP contribution < -0.4 is 0 Å². The van der Waals surface area contributed by atoms with Crippen LogP contribution in [0.2, 0.25) is 0 Å². The number of rotatable bonds is 7. The minimum Gasteiger partial charge on any atom is -0.358 e. The van der Waals surface area contributed by atoms with Gasteiger partial charge in [-0.2, -0.15) is 4.68 Å². The molecule has 0 aliphatic carbocycles. The van der Waals surface area contributed by atoms with Crippen LogP contribution in [0.15, 0.2) is 36.8 Å². The second kappa shape index (κ2) is 7.25. The number of nitro groups is 1. The van der Waals surface area contributed by atoms with E-state index in [4.69, 9.17) is 0 Å². The highest BCUT2D eigenvalue weighted by Crippen LogP contribution is 2.23. The first-order valence-electron chi connectivity index (χ1n) is 8.28. The summed E-state index contributed by atoms with van der Waals surface area (Å²) in [5.41, 5.74) is 2.89. The van der Waals surface area contributed by atoms with E-state index < -0.39 is 4.92 Å². The predicted octanol–water partition coefficient (Wildman–Crippen LogP) is 3.31. The second-order valence-electron chi connectivity index (χ2n) is 5.96. The van der Waals surface area contributed by atoms with E-state index in [0.29, 0.717) is 5.69 Å². The topological polar surface area (TPSA) is 91.7 Å². The second-order valence-corrected chi connectivity index (χ2v) is 5.96. The van der Waals surface area contributed by atoms with Crippen molar-refractivity contribution in [1.82, 2.24) is 24.5 Å². The maximum absolute atomic E-state index is 11.1. The fourth-order valence-corrected chi connectivity index (χ4v) is 2.73. The standard InChI is InChI=1S/C17H20N6O2/c1-3-4-5-6-13-7-9-14(10-8-13)15-11-22(20-19-15)17-16(23(24)25)18-12-21(17)2/h7-12H,3-6H2,1-2H3. The number of aryl methyl sites for hydroxylation is 2. The Labute approximate surface area is 145 Å². The highest BCUT2D eigenvalue weighted by Gasteiger charge is 2.23. The van der Waals surface area contributed by atoms with Gasteiger partial charge in [-0.05, 0) is 28.3 Å². The molecule has 0 N–H and O–H groups in total. The van der Waals surface area contributed by atoms with Gasteiger partial charge in [-0.15, -0.1) is 5.10 Å². The van der Waals surface area contributed by atoms with Gasteiger partial charge in [0.25, 0.3) is 0 Å². The van der Waals surface area contributed by atoms with E-state index in [1.54, 1.807) is 17.8 Å². The van der Waals surface area contributed by atoms with Crippen LogP contribution in [-0.4, -0.2) is 29.5 Å². The molecule has 0 radical (unpaired) electrons. The van der Waals surface area contributed by atoms with Gasteiger partial charge in [0.2, 0.25) is 12.1 Å².